The third-order valence-electron chi connectivity index (χ3n) is 2.22. The van der Waals surface area contributed by atoms with Crippen LogP contribution in [-0.2, 0) is 4.79 Å². The van der Waals surface area contributed by atoms with E-state index in [2.05, 4.69) is 0 Å². The van der Waals surface area contributed by atoms with Gasteiger partial charge in [-0.3, -0.25) is 4.79 Å². The monoisotopic (exact) mass is 233 g/mol. The molecule has 5 heteroatoms. The Balaban J connectivity index is 2.95. The first kappa shape index (κ1) is 11.5. The molecule has 1 aromatic heterocycles. The maximum atomic E-state index is 10.9. The Kier molecular flexibility index (Phi) is 3.19. The van der Waals surface area contributed by atoms with E-state index in [1.807, 2.05) is 0 Å². The first-order valence-electron chi connectivity index (χ1n) is 4.08. The molecule has 1 rings (SSSR count). The molecule has 3 N–H and O–H groups in total. The van der Waals surface area contributed by atoms with Crippen molar-refractivity contribution in [3.05, 3.63) is 21.3 Å². The lowest BCUT2D eigenvalue weighted by Gasteiger charge is -2.25. The van der Waals surface area contributed by atoms with Crippen molar-refractivity contribution in [1.82, 2.24) is 0 Å². The molecule has 1 atom stereocenters. The molecular weight excluding hydrogens is 222 g/mol. The second kappa shape index (κ2) is 3.88. The molecule has 3 nitrogen and oxygen atoms in total. The van der Waals surface area contributed by atoms with E-state index in [1.54, 1.807) is 25.3 Å². The molecule has 0 fully saturated rings. The third kappa shape index (κ3) is 2.08. The second-order valence-electron chi connectivity index (χ2n) is 3.67. The summed E-state index contributed by atoms with van der Waals surface area (Å²) in [5, 5.41) is 11.3. The molecule has 78 valence electrons. The predicted molar refractivity (Wildman–Crippen MR) is 57.7 cm³/mol. The van der Waals surface area contributed by atoms with Crippen LogP contribution in [0.4, 0.5) is 0 Å². The summed E-state index contributed by atoms with van der Waals surface area (Å²) in [6.45, 7) is 3.21. The van der Waals surface area contributed by atoms with Crippen molar-refractivity contribution >= 4 is 28.9 Å². The molecule has 0 spiro atoms. The van der Waals surface area contributed by atoms with Crippen LogP contribution in [0.15, 0.2) is 11.4 Å². The largest absolute Gasteiger partial charge is 0.481 e. The summed E-state index contributed by atoms with van der Waals surface area (Å²) >= 11 is 7.12. The van der Waals surface area contributed by atoms with Crippen molar-refractivity contribution in [1.29, 1.82) is 0 Å². The molecule has 0 aliphatic heterocycles. The highest BCUT2D eigenvalue weighted by atomic mass is 35.5. The molecule has 1 unspecified atom stereocenters. The fourth-order valence-corrected chi connectivity index (χ4v) is 2.25. The Hall–Kier alpha value is -0.580. The van der Waals surface area contributed by atoms with Crippen molar-refractivity contribution in [2.45, 2.75) is 19.9 Å². The number of aliphatic carboxylic acids is 1. The first-order chi connectivity index (χ1) is 6.35. The maximum Gasteiger partial charge on any atom is 0.311 e. The number of carboxylic acids is 1. The van der Waals surface area contributed by atoms with Gasteiger partial charge in [0.15, 0.2) is 0 Å². The van der Waals surface area contributed by atoms with Crippen molar-refractivity contribution in [3.63, 3.8) is 0 Å². The summed E-state index contributed by atoms with van der Waals surface area (Å²) in [7, 11) is 0. The second-order valence-corrected chi connectivity index (χ2v) is 5.05. The van der Waals surface area contributed by atoms with Gasteiger partial charge in [-0.05, 0) is 19.9 Å². The number of carboxylic acid groups (broad SMARTS) is 1. The topological polar surface area (TPSA) is 63.3 Å². The van der Waals surface area contributed by atoms with E-state index in [9.17, 15) is 4.79 Å². The van der Waals surface area contributed by atoms with Gasteiger partial charge in [-0.25, -0.2) is 0 Å². The van der Waals surface area contributed by atoms with E-state index in [1.165, 1.54) is 11.3 Å². The van der Waals surface area contributed by atoms with Crippen molar-refractivity contribution in [2.75, 3.05) is 0 Å². The van der Waals surface area contributed by atoms with Gasteiger partial charge in [0.25, 0.3) is 0 Å². The number of hydrogen-bond acceptors (Lipinski definition) is 3. The van der Waals surface area contributed by atoms with Crippen molar-refractivity contribution in [2.24, 2.45) is 11.1 Å². The quantitative estimate of drug-likeness (QED) is 0.843. The summed E-state index contributed by atoms with van der Waals surface area (Å²) in [4.78, 5) is 11.7. The van der Waals surface area contributed by atoms with E-state index < -0.39 is 17.4 Å². The number of halogens is 1. The zero-order chi connectivity index (χ0) is 10.9. The van der Waals surface area contributed by atoms with Gasteiger partial charge in [-0.1, -0.05) is 11.6 Å². The van der Waals surface area contributed by atoms with E-state index in [4.69, 9.17) is 22.4 Å². The highest BCUT2D eigenvalue weighted by Crippen LogP contribution is 2.35. The highest BCUT2D eigenvalue weighted by molar-refractivity contribution is 7.10. The van der Waals surface area contributed by atoms with Gasteiger partial charge in [0.05, 0.1) is 16.5 Å². The minimum atomic E-state index is -0.978. The normalized spacial score (nSPS) is 14.0. The maximum absolute atomic E-state index is 10.9. The fourth-order valence-electron chi connectivity index (χ4n) is 0.980. The SMILES string of the molecule is CC(C)(C(=O)O)C(N)c1cc(Cl)cs1. The summed E-state index contributed by atoms with van der Waals surface area (Å²) in [5.41, 5.74) is 4.88. The van der Waals surface area contributed by atoms with Gasteiger partial charge in [0.1, 0.15) is 0 Å². The summed E-state index contributed by atoms with van der Waals surface area (Å²) in [6.07, 6.45) is 0. The van der Waals surface area contributed by atoms with Gasteiger partial charge < -0.3 is 10.8 Å². The minimum Gasteiger partial charge on any atom is -0.481 e. The third-order valence-corrected chi connectivity index (χ3v) is 3.59. The predicted octanol–water partition coefficient (Wildman–Crippen LogP) is 2.51. The smallest absolute Gasteiger partial charge is 0.311 e. The Morgan fingerprint density at radius 1 is 1.71 bits per heavy atom. The van der Waals surface area contributed by atoms with E-state index in [0.29, 0.717) is 5.02 Å². The highest BCUT2D eigenvalue weighted by Gasteiger charge is 2.36. The lowest BCUT2D eigenvalue weighted by atomic mass is 9.84. The minimum absolute atomic E-state index is 0.530. The van der Waals surface area contributed by atoms with Gasteiger partial charge in [0, 0.05) is 10.3 Å². The molecule has 0 aliphatic rings. The Morgan fingerprint density at radius 2 is 2.29 bits per heavy atom. The number of thiophene rings is 1. The number of nitrogens with two attached hydrogens (primary N) is 1. The van der Waals surface area contributed by atoms with Crippen molar-refractivity contribution in [3.8, 4) is 0 Å². The Morgan fingerprint density at radius 3 is 2.64 bits per heavy atom. The van der Waals surface area contributed by atoms with Crippen LogP contribution < -0.4 is 5.73 Å². The van der Waals surface area contributed by atoms with Crippen LogP contribution in [0, 0.1) is 5.41 Å². The molecule has 1 heterocycles. The summed E-state index contributed by atoms with van der Waals surface area (Å²) in [6, 6.07) is 1.18. The molecule has 0 radical (unpaired) electrons. The average molecular weight is 234 g/mol. The lowest BCUT2D eigenvalue weighted by molar-refractivity contribution is -0.148. The fraction of sp³-hybridized carbons (Fsp3) is 0.444. The molecule has 0 saturated carbocycles. The first-order valence-corrected chi connectivity index (χ1v) is 5.34. The van der Waals surface area contributed by atoms with E-state index in [-0.39, 0.29) is 0 Å². The molecule has 0 aliphatic carbocycles. The molecular formula is C9H12ClNO2S. The zero-order valence-electron chi connectivity index (χ0n) is 7.95. The van der Waals surface area contributed by atoms with E-state index in [0.717, 1.165) is 4.88 Å². The molecule has 14 heavy (non-hydrogen) atoms. The molecule has 1 aromatic rings. The van der Waals surface area contributed by atoms with Gasteiger partial charge in [-0.2, -0.15) is 0 Å². The summed E-state index contributed by atoms with van der Waals surface area (Å²) < 4.78 is 0. The Labute approximate surface area is 91.5 Å². The Bertz CT molecular complexity index is 348. The van der Waals surface area contributed by atoms with Crippen LogP contribution in [0.5, 0.6) is 0 Å². The van der Waals surface area contributed by atoms with Crippen LogP contribution in [0.2, 0.25) is 5.02 Å². The van der Waals surface area contributed by atoms with Crippen LogP contribution >= 0.6 is 22.9 Å². The van der Waals surface area contributed by atoms with Gasteiger partial charge in [0.2, 0.25) is 0 Å². The number of rotatable bonds is 3. The van der Waals surface area contributed by atoms with Crippen LogP contribution in [0.25, 0.3) is 0 Å². The molecule has 0 amide bonds. The van der Waals surface area contributed by atoms with Crippen LogP contribution in [0.3, 0.4) is 0 Å². The molecule has 0 aromatic carbocycles. The van der Waals surface area contributed by atoms with Crippen LogP contribution in [0.1, 0.15) is 24.8 Å². The average Bonchev–Trinajstić information content (AvgIpc) is 2.50. The lowest BCUT2D eigenvalue weighted by Crippen LogP contribution is -2.35. The summed E-state index contributed by atoms with van der Waals surface area (Å²) in [5.74, 6) is -0.908. The van der Waals surface area contributed by atoms with Crippen LogP contribution in [-0.4, -0.2) is 11.1 Å². The van der Waals surface area contributed by atoms with Crippen molar-refractivity contribution < 1.29 is 9.90 Å². The molecule has 0 bridgehead atoms. The zero-order valence-corrected chi connectivity index (χ0v) is 9.52. The van der Waals surface area contributed by atoms with Gasteiger partial charge >= 0.3 is 5.97 Å². The number of carbonyl (C=O) groups is 1. The molecule has 0 saturated heterocycles. The standard InChI is InChI=1S/C9H12ClNO2S/c1-9(2,8(12)13)7(11)6-3-5(10)4-14-6/h3-4,7H,11H2,1-2H3,(H,12,13). The number of hydrogen-bond donors (Lipinski definition) is 2. The van der Waals surface area contributed by atoms with E-state index >= 15 is 0 Å². The van der Waals surface area contributed by atoms with Gasteiger partial charge in [-0.15, -0.1) is 11.3 Å².